The maximum atomic E-state index is 9.19. The molecule has 0 aliphatic rings. The second-order valence-electron chi connectivity index (χ2n) is 9.54. The summed E-state index contributed by atoms with van der Waals surface area (Å²) in [5.74, 6) is -0.663. The molecule has 3 heterocycles. The minimum Gasteiger partial charge on any atom is -0.456 e. The molecule has 0 saturated carbocycles. The topological polar surface area (TPSA) is 51.8 Å². The zero-order valence-corrected chi connectivity index (χ0v) is 22.2. The molecular formula is C37H21N3OS. The Kier molecular flexibility index (Phi) is 3.13. The number of nitrogens with zero attached hydrogens (tertiary/aromatic N) is 3. The lowest BCUT2D eigenvalue weighted by atomic mass is 10.0. The third-order valence-corrected chi connectivity index (χ3v) is 8.31. The van der Waals surface area contributed by atoms with Crippen LogP contribution in [-0.2, 0) is 0 Å². The summed E-state index contributed by atoms with van der Waals surface area (Å²) in [7, 11) is 0. The Morgan fingerprint density at radius 3 is 2.19 bits per heavy atom. The maximum Gasteiger partial charge on any atom is 0.164 e. The summed E-state index contributed by atoms with van der Waals surface area (Å²) in [5, 5.41) is 3.76. The van der Waals surface area contributed by atoms with Crippen molar-refractivity contribution in [3.63, 3.8) is 0 Å². The monoisotopic (exact) mass is 567 g/mol. The maximum absolute atomic E-state index is 9.19. The number of para-hydroxylation sites is 1. The van der Waals surface area contributed by atoms with E-state index in [9.17, 15) is 1.37 Å². The number of aromatic nitrogens is 3. The van der Waals surface area contributed by atoms with Gasteiger partial charge in [-0.3, -0.25) is 0 Å². The summed E-state index contributed by atoms with van der Waals surface area (Å²) < 4.78 is 110. The lowest BCUT2D eigenvalue weighted by Gasteiger charge is -2.09. The van der Waals surface area contributed by atoms with Crippen LogP contribution in [0, 0.1) is 0 Å². The van der Waals surface area contributed by atoms with E-state index in [1.165, 1.54) is 0 Å². The Morgan fingerprint density at radius 1 is 0.548 bits per heavy atom. The molecule has 0 radical (unpaired) electrons. The summed E-state index contributed by atoms with van der Waals surface area (Å²) in [6, 6.07) is 11.0. The molecule has 5 heteroatoms. The second kappa shape index (κ2) is 9.06. The van der Waals surface area contributed by atoms with Gasteiger partial charge in [-0.25, -0.2) is 15.0 Å². The Labute approximate surface area is 261 Å². The lowest BCUT2D eigenvalue weighted by molar-refractivity contribution is 0.669. The van der Waals surface area contributed by atoms with Gasteiger partial charge in [0.05, 0.1) is 16.4 Å². The molecule has 6 aromatic carbocycles. The van der Waals surface area contributed by atoms with Crippen molar-refractivity contribution in [2.45, 2.75) is 0 Å². The van der Waals surface area contributed by atoms with Crippen molar-refractivity contribution in [2.75, 3.05) is 0 Å². The first-order valence-electron chi connectivity index (χ1n) is 18.9. The van der Waals surface area contributed by atoms with Crippen LogP contribution >= 0.6 is 11.3 Å². The smallest absolute Gasteiger partial charge is 0.164 e. The van der Waals surface area contributed by atoms with Gasteiger partial charge in [-0.2, -0.15) is 0 Å². The Balaban J connectivity index is 1.34. The van der Waals surface area contributed by atoms with Gasteiger partial charge in [0.1, 0.15) is 11.2 Å². The van der Waals surface area contributed by atoms with Gasteiger partial charge in [0, 0.05) is 47.6 Å². The summed E-state index contributed by atoms with van der Waals surface area (Å²) in [5.41, 5.74) is -0.770. The van der Waals surface area contributed by atoms with Crippen molar-refractivity contribution < 1.29 is 20.9 Å². The van der Waals surface area contributed by atoms with E-state index < -0.39 is 72.5 Å². The zero-order chi connectivity index (χ0) is 38.1. The third-order valence-electron chi connectivity index (χ3n) is 7.09. The highest BCUT2D eigenvalue weighted by molar-refractivity contribution is 7.26. The van der Waals surface area contributed by atoms with Crippen molar-refractivity contribution in [3.8, 4) is 34.2 Å². The first kappa shape index (κ1) is 14.5. The summed E-state index contributed by atoms with van der Waals surface area (Å²) in [6.45, 7) is 0. The average Bonchev–Trinajstić information content (AvgIpc) is 3.77. The van der Waals surface area contributed by atoms with Gasteiger partial charge in [-0.05, 0) is 41.0 Å². The second-order valence-corrected chi connectivity index (χ2v) is 10.6. The fraction of sp³-hybridized carbons (Fsp3) is 0. The molecule has 0 aliphatic heterocycles. The van der Waals surface area contributed by atoms with Crippen molar-refractivity contribution in [1.82, 2.24) is 15.0 Å². The summed E-state index contributed by atoms with van der Waals surface area (Å²) in [4.78, 5) is 13.7. The molecule has 3 aromatic heterocycles. The lowest BCUT2D eigenvalue weighted by Crippen LogP contribution is -2.00. The van der Waals surface area contributed by atoms with Gasteiger partial charge >= 0.3 is 0 Å². The first-order chi connectivity index (χ1) is 25.8. The number of benzene rings is 6. The van der Waals surface area contributed by atoms with Crippen LogP contribution in [0.4, 0.5) is 0 Å². The molecule has 0 atom stereocenters. The van der Waals surface area contributed by atoms with Crippen LogP contribution in [0.3, 0.4) is 0 Å². The van der Waals surface area contributed by atoms with E-state index in [0.717, 1.165) is 30.9 Å². The van der Waals surface area contributed by atoms with Crippen LogP contribution in [0.15, 0.2) is 132 Å². The molecule has 0 spiro atoms. The number of rotatable bonds is 3. The van der Waals surface area contributed by atoms with Crippen LogP contribution < -0.4 is 0 Å². The van der Waals surface area contributed by atoms with E-state index in [4.69, 9.17) is 19.5 Å². The molecule has 4 nitrogen and oxygen atoms in total. The van der Waals surface area contributed by atoms with E-state index in [0.29, 0.717) is 5.56 Å². The Bertz CT molecular complexity index is 3130. The summed E-state index contributed by atoms with van der Waals surface area (Å²) in [6.07, 6.45) is 0. The van der Waals surface area contributed by atoms with E-state index in [1.54, 1.807) is 17.4 Å². The molecule has 9 aromatic rings. The average molecular weight is 568 g/mol. The fourth-order valence-corrected chi connectivity index (χ4v) is 6.39. The molecule has 42 heavy (non-hydrogen) atoms. The zero-order valence-electron chi connectivity index (χ0n) is 33.4. The molecule has 0 amide bonds. The standard InChI is InChI=1S/C37H21N3OS/c1-2-8-22(9-3-1)35-38-36(40-37(39-35)25-16-18-28-27-10-4-6-12-31(27)41-32(28)21-25)24-15-17-26-23(20-24)14-19-30-29-11-5-7-13-33(29)42-34(26)30/h1-21H/i1D,2D,3D,4D,6D,8D,9D,10D,12D,16D,18D,21D. The van der Waals surface area contributed by atoms with E-state index in [-0.39, 0.29) is 50.5 Å². The highest BCUT2D eigenvalue weighted by Crippen LogP contribution is 2.39. The molecule has 0 fully saturated rings. The van der Waals surface area contributed by atoms with Gasteiger partial charge in [-0.15, -0.1) is 11.3 Å². The van der Waals surface area contributed by atoms with Crippen LogP contribution in [0.5, 0.6) is 0 Å². The van der Waals surface area contributed by atoms with Crippen molar-refractivity contribution >= 4 is 64.2 Å². The SMILES string of the molecule is [2H]c1c([2H])c([2H])c(-c2nc(-c3ccc4c(ccc5c6ccccc6sc45)c3)nc(-c3c([2H])c([2H])c4c(oc5c([2H])c([2H])c([2H])c([2H])c54)c3[2H])n2)c([2H])c1[2H]. The predicted octanol–water partition coefficient (Wildman–Crippen LogP) is 10.3. The van der Waals surface area contributed by atoms with Crippen LogP contribution in [0.25, 0.3) is 87.0 Å². The first-order valence-corrected chi connectivity index (χ1v) is 13.7. The van der Waals surface area contributed by atoms with Gasteiger partial charge < -0.3 is 4.42 Å². The molecule has 0 unspecified atom stereocenters. The van der Waals surface area contributed by atoms with E-state index >= 15 is 0 Å². The number of fused-ring (bicyclic) bond motifs is 8. The van der Waals surface area contributed by atoms with E-state index in [2.05, 4.69) is 27.1 Å². The van der Waals surface area contributed by atoms with Gasteiger partial charge in [0.15, 0.2) is 17.5 Å². The van der Waals surface area contributed by atoms with Crippen LogP contribution in [0.1, 0.15) is 16.4 Å². The van der Waals surface area contributed by atoms with Crippen LogP contribution in [-0.4, -0.2) is 15.0 Å². The Hall–Kier alpha value is -5.39. The quantitative estimate of drug-likeness (QED) is 0.213. The molecule has 0 saturated heterocycles. The molecule has 0 bridgehead atoms. The van der Waals surface area contributed by atoms with Crippen LogP contribution in [0.2, 0.25) is 0 Å². The fourth-order valence-electron chi connectivity index (χ4n) is 5.15. The Morgan fingerprint density at radius 2 is 1.29 bits per heavy atom. The van der Waals surface area contributed by atoms with Crippen molar-refractivity contribution in [3.05, 3.63) is 127 Å². The van der Waals surface area contributed by atoms with Gasteiger partial charge in [-0.1, -0.05) is 96.8 Å². The molecule has 0 N–H and O–H groups in total. The summed E-state index contributed by atoms with van der Waals surface area (Å²) >= 11 is 1.66. The van der Waals surface area contributed by atoms with Gasteiger partial charge in [0.25, 0.3) is 0 Å². The van der Waals surface area contributed by atoms with Crippen molar-refractivity contribution in [2.24, 2.45) is 0 Å². The largest absolute Gasteiger partial charge is 0.456 e. The molecule has 196 valence electrons. The number of hydrogen-bond acceptors (Lipinski definition) is 5. The minimum atomic E-state index is -0.619. The minimum absolute atomic E-state index is 0.00485. The van der Waals surface area contributed by atoms with Gasteiger partial charge in [0.2, 0.25) is 0 Å². The van der Waals surface area contributed by atoms with E-state index in [1.807, 2.05) is 36.4 Å². The predicted molar refractivity (Wildman–Crippen MR) is 174 cm³/mol. The number of furan rings is 1. The normalized spacial score (nSPS) is 15.8. The molecule has 9 rings (SSSR count). The van der Waals surface area contributed by atoms with Crippen molar-refractivity contribution in [1.29, 1.82) is 0 Å². The number of hydrogen-bond donors (Lipinski definition) is 0. The molecule has 0 aliphatic carbocycles. The molecular weight excluding hydrogens is 534 g/mol. The highest BCUT2D eigenvalue weighted by atomic mass is 32.1. The number of thiophene rings is 1. The third kappa shape index (κ3) is 3.64. The highest BCUT2D eigenvalue weighted by Gasteiger charge is 2.16.